The van der Waals surface area contributed by atoms with Crippen molar-refractivity contribution in [2.24, 2.45) is 4.99 Å². The average Bonchev–Trinajstić information content (AvgIpc) is 3.21. The van der Waals surface area contributed by atoms with Crippen LogP contribution in [0.4, 0.5) is 0 Å². The summed E-state index contributed by atoms with van der Waals surface area (Å²) in [5.74, 6) is 1.02. The molecule has 136 valence electrons. The zero-order chi connectivity index (χ0) is 17.0. The molecular weight excluding hydrogens is 455 g/mol. The van der Waals surface area contributed by atoms with Gasteiger partial charge in [0, 0.05) is 19.6 Å². The fourth-order valence-corrected chi connectivity index (χ4v) is 4.26. The van der Waals surface area contributed by atoms with E-state index in [1.807, 2.05) is 24.3 Å². The van der Waals surface area contributed by atoms with E-state index in [4.69, 9.17) is 0 Å². The van der Waals surface area contributed by atoms with Gasteiger partial charge in [0.2, 0.25) is 0 Å². The van der Waals surface area contributed by atoms with E-state index in [9.17, 15) is 8.42 Å². The number of sulfone groups is 1. The molecule has 0 amide bonds. The zero-order valence-electron chi connectivity index (χ0n) is 13.8. The minimum Gasteiger partial charge on any atom is -0.353 e. The lowest BCUT2D eigenvalue weighted by Gasteiger charge is -2.16. The van der Waals surface area contributed by atoms with E-state index < -0.39 is 9.84 Å². The molecule has 0 saturated carbocycles. The number of aliphatic imine (C=N–C) groups is 1. The maximum atomic E-state index is 11.5. The standard InChI is InChI=1S/C15H20N6O2S.HI/c1-16-15(20-13-6-7-24(22,23)9-13)18-8-12-2-4-14(5-3-12)21-11-17-10-19-21;/h2-5,10-11,13H,6-9H2,1H3,(H2,16,18,20);1H. The van der Waals surface area contributed by atoms with Gasteiger partial charge in [0.05, 0.1) is 17.2 Å². The molecule has 1 unspecified atom stereocenters. The molecule has 25 heavy (non-hydrogen) atoms. The van der Waals surface area contributed by atoms with Gasteiger partial charge in [-0.15, -0.1) is 24.0 Å². The van der Waals surface area contributed by atoms with Gasteiger partial charge in [-0.05, 0) is 24.1 Å². The lowest BCUT2D eigenvalue weighted by molar-refractivity contribution is 0.599. The Morgan fingerprint density at radius 2 is 2.12 bits per heavy atom. The van der Waals surface area contributed by atoms with Gasteiger partial charge in [-0.25, -0.2) is 18.1 Å². The molecule has 2 heterocycles. The van der Waals surface area contributed by atoms with Crippen LogP contribution in [0.25, 0.3) is 5.69 Å². The van der Waals surface area contributed by atoms with Crippen LogP contribution >= 0.6 is 24.0 Å². The summed E-state index contributed by atoms with van der Waals surface area (Å²) < 4.78 is 24.7. The third-order valence-electron chi connectivity index (χ3n) is 3.88. The molecule has 0 aliphatic carbocycles. The number of hydrogen-bond acceptors (Lipinski definition) is 5. The van der Waals surface area contributed by atoms with E-state index in [0.717, 1.165) is 11.3 Å². The Balaban J connectivity index is 0.00000225. The highest BCUT2D eigenvalue weighted by atomic mass is 127. The van der Waals surface area contributed by atoms with Gasteiger partial charge in [-0.2, -0.15) is 5.10 Å². The zero-order valence-corrected chi connectivity index (χ0v) is 16.9. The number of hydrogen-bond donors (Lipinski definition) is 2. The van der Waals surface area contributed by atoms with Crippen molar-refractivity contribution in [2.45, 2.75) is 19.0 Å². The van der Waals surface area contributed by atoms with Crippen molar-refractivity contribution >= 4 is 39.8 Å². The third kappa shape index (κ3) is 5.39. The monoisotopic (exact) mass is 476 g/mol. The number of rotatable bonds is 4. The summed E-state index contributed by atoms with van der Waals surface area (Å²) in [5.41, 5.74) is 2.02. The van der Waals surface area contributed by atoms with Crippen LogP contribution in [-0.4, -0.2) is 53.7 Å². The van der Waals surface area contributed by atoms with E-state index in [2.05, 4.69) is 25.7 Å². The molecule has 1 atom stereocenters. The molecule has 0 radical (unpaired) electrons. The molecule has 1 fully saturated rings. The van der Waals surface area contributed by atoms with Crippen molar-refractivity contribution in [3.05, 3.63) is 42.5 Å². The molecule has 1 aliphatic rings. The Hall–Kier alpha value is -1.69. The highest BCUT2D eigenvalue weighted by Crippen LogP contribution is 2.11. The Labute approximate surface area is 164 Å². The maximum Gasteiger partial charge on any atom is 0.191 e. The van der Waals surface area contributed by atoms with Crippen molar-refractivity contribution < 1.29 is 8.42 Å². The second kappa shape index (κ2) is 8.61. The average molecular weight is 476 g/mol. The second-order valence-electron chi connectivity index (χ2n) is 5.68. The summed E-state index contributed by atoms with van der Waals surface area (Å²) >= 11 is 0. The van der Waals surface area contributed by atoms with Gasteiger partial charge in [0.15, 0.2) is 15.8 Å². The first-order chi connectivity index (χ1) is 11.6. The molecule has 8 nitrogen and oxygen atoms in total. The molecule has 10 heteroatoms. The van der Waals surface area contributed by atoms with Gasteiger partial charge < -0.3 is 10.6 Å². The molecule has 1 saturated heterocycles. The molecule has 2 N–H and O–H groups in total. The topological polar surface area (TPSA) is 101 Å². The summed E-state index contributed by atoms with van der Waals surface area (Å²) in [6.07, 6.45) is 3.76. The van der Waals surface area contributed by atoms with Gasteiger partial charge in [-0.1, -0.05) is 12.1 Å². The molecule has 3 rings (SSSR count). The van der Waals surface area contributed by atoms with E-state index in [1.54, 1.807) is 18.1 Å². The van der Waals surface area contributed by atoms with E-state index in [-0.39, 0.29) is 41.5 Å². The number of benzene rings is 1. The summed E-state index contributed by atoms with van der Waals surface area (Å²) in [5, 5.41) is 10.5. The van der Waals surface area contributed by atoms with Gasteiger partial charge >= 0.3 is 0 Å². The Bertz CT molecular complexity index is 805. The van der Waals surface area contributed by atoms with E-state index >= 15 is 0 Å². The molecule has 0 bridgehead atoms. The maximum absolute atomic E-state index is 11.5. The van der Waals surface area contributed by atoms with Crippen molar-refractivity contribution in [3.8, 4) is 5.69 Å². The second-order valence-corrected chi connectivity index (χ2v) is 7.91. The largest absolute Gasteiger partial charge is 0.353 e. The van der Waals surface area contributed by atoms with Crippen LogP contribution in [0.15, 0.2) is 41.9 Å². The first-order valence-electron chi connectivity index (χ1n) is 7.67. The third-order valence-corrected chi connectivity index (χ3v) is 5.64. The molecule has 2 aromatic rings. The molecule has 1 aromatic heterocycles. The Morgan fingerprint density at radius 3 is 2.68 bits per heavy atom. The Kier molecular flexibility index (Phi) is 6.76. The number of halogens is 1. The van der Waals surface area contributed by atoms with Crippen LogP contribution in [0.1, 0.15) is 12.0 Å². The quantitative estimate of drug-likeness (QED) is 0.384. The number of nitrogens with one attached hydrogen (secondary N) is 2. The SMILES string of the molecule is CN=C(NCc1ccc(-n2cncn2)cc1)NC1CCS(=O)(=O)C1.I. The van der Waals surface area contributed by atoms with Crippen molar-refractivity contribution in [1.82, 2.24) is 25.4 Å². The minimum absolute atomic E-state index is 0. The van der Waals surface area contributed by atoms with Crippen LogP contribution in [0, 0.1) is 0 Å². The first-order valence-corrected chi connectivity index (χ1v) is 9.49. The van der Waals surface area contributed by atoms with Crippen molar-refractivity contribution in [3.63, 3.8) is 0 Å². The fraction of sp³-hybridized carbons (Fsp3) is 0.400. The highest BCUT2D eigenvalue weighted by molar-refractivity contribution is 14.0. The number of nitrogens with zero attached hydrogens (tertiary/aromatic N) is 4. The first kappa shape index (κ1) is 19.6. The van der Waals surface area contributed by atoms with Crippen LogP contribution in [0.2, 0.25) is 0 Å². The normalized spacial score (nSPS) is 19.2. The van der Waals surface area contributed by atoms with Crippen LogP contribution in [0.3, 0.4) is 0 Å². The summed E-state index contributed by atoms with van der Waals surface area (Å²) in [6.45, 7) is 0.594. The fourth-order valence-electron chi connectivity index (χ4n) is 2.59. The van der Waals surface area contributed by atoms with Gasteiger partial charge in [-0.3, -0.25) is 4.99 Å². The predicted molar refractivity (Wildman–Crippen MR) is 107 cm³/mol. The van der Waals surface area contributed by atoms with E-state index in [1.165, 1.54) is 6.33 Å². The minimum atomic E-state index is -2.90. The lowest BCUT2D eigenvalue weighted by Crippen LogP contribution is -2.43. The van der Waals surface area contributed by atoms with Gasteiger partial charge in [0.1, 0.15) is 12.7 Å². The van der Waals surface area contributed by atoms with Crippen LogP contribution in [0.5, 0.6) is 0 Å². The molecule has 0 spiro atoms. The summed E-state index contributed by atoms with van der Waals surface area (Å²) in [4.78, 5) is 8.07. The summed E-state index contributed by atoms with van der Waals surface area (Å²) in [7, 11) is -1.23. The van der Waals surface area contributed by atoms with Crippen molar-refractivity contribution in [2.75, 3.05) is 18.6 Å². The highest BCUT2D eigenvalue weighted by Gasteiger charge is 2.28. The van der Waals surface area contributed by atoms with Crippen LogP contribution < -0.4 is 10.6 Å². The van der Waals surface area contributed by atoms with Gasteiger partial charge in [0.25, 0.3) is 0 Å². The van der Waals surface area contributed by atoms with Crippen molar-refractivity contribution in [1.29, 1.82) is 0 Å². The Morgan fingerprint density at radius 1 is 1.36 bits per heavy atom. The number of aromatic nitrogens is 3. The van der Waals surface area contributed by atoms with E-state index in [0.29, 0.717) is 18.9 Å². The molecular formula is C15H21IN6O2S. The molecule has 1 aliphatic heterocycles. The lowest BCUT2D eigenvalue weighted by atomic mass is 10.2. The van der Waals surface area contributed by atoms with Crippen LogP contribution in [-0.2, 0) is 16.4 Å². The number of guanidine groups is 1. The smallest absolute Gasteiger partial charge is 0.191 e. The summed E-state index contributed by atoms with van der Waals surface area (Å²) in [6, 6.07) is 7.85. The predicted octanol–water partition coefficient (Wildman–Crippen LogP) is 0.737. The molecule has 1 aromatic carbocycles.